The van der Waals surface area contributed by atoms with Crippen LogP contribution in [0.25, 0.3) is 0 Å². The molecule has 1 aliphatic heterocycles. The fourth-order valence-electron chi connectivity index (χ4n) is 2.76. The average molecular weight is 408 g/mol. The van der Waals surface area contributed by atoms with Gasteiger partial charge in [0.15, 0.2) is 14.6 Å². The third kappa shape index (κ3) is 4.64. The normalized spacial score (nSPS) is 18.9. The minimum atomic E-state index is -3.88. The van der Waals surface area contributed by atoms with Crippen molar-refractivity contribution in [1.82, 2.24) is 5.48 Å². The highest BCUT2D eigenvalue weighted by Gasteiger charge is 2.48. The molecule has 0 spiro atoms. The number of nitrogens with one attached hydrogen (secondary N) is 1. The molecule has 0 aliphatic carbocycles. The van der Waals surface area contributed by atoms with Gasteiger partial charge in [0.1, 0.15) is 6.10 Å². The first kappa shape index (κ1) is 21.7. The number of hydroxylamine groups is 1. The average Bonchev–Trinajstić information content (AvgIpc) is 2.98. The zero-order valence-corrected chi connectivity index (χ0v) is 17.0. The summed E-state index contributed by atoms with van der Waals surface area (Å²) in [5.74, 6) is 5.25. The Bertz CT molecular complexity index is 914. The third-order valence-electron chi connectivity index (χ3n) is 4.58. The molecule has 152 valence electrons. The second-order valence-corrected chi connectivity index (χ2v) is 9.68. The largest absolute Gasteiger partial charge is 0.444 e. The summed E-state index contributed by atoms with van der Waals surface area (Å²) in [5, 5.41) is 8.90. The van der Waals surface area contributed by atoms with Gasteiger partial charge in [0.05, 0.1) is 6.54 Å². The van der Waals surface area contributed by atoms with Crippen LogP contribution in [0.2, 0.25) is 0 Å². The summed E-state index contributed by atoms with van der Waals surface area (Å²) < 4.78 is 27.5. The fraction of sp³-hybridized carbons (Fsp3) is 0.474. The lowest BCUT2D eigenvalue weighted by Gasteiger charge is -2.26. The number of hydrogen-bond acceptors (Lipinski definition) is 6. The van der Waals surface area contributed by atoms with E-state index in [4.69, 9.17) is 9.94 Å². The van der Waals surface area contributed by atoms with Crippen LogP contribution in [0.15, 0.2) is 24.3 Å². The predicted molar refractivity (Wildman–Crippen MR) is 104 cm³/mol. The van der Waals surface area contributed by atoms with Crippen LogP contribution < -0.4 is 10.4 Å². The van der Waals surface area contributed by atoms with E-state index < -0.39 is 32.7 Å². The topological polar surface area (TPSA) is 113 Å². The summed E-state index contributed by atoms with van der Waals surface area (Å²) >= 11 is 0. The van der Waals surface area contributed by atoms with Gasteiger partial charge in [-0.1, -0.05) is 25.7 Å². The van der Waals surface area contributed by atoms with E-state index in [-0.39, 0.29) is 18.9 Å². The molecule has 2 atom stereocenters. The Labute approximate surface area is 164 Å². The molecule has 1 aromatic carbocycles. The lowest BCUT2D eigenvalue weighted by molar-refractivity contribution is -0.132. The number of cyclic esters (lactones) is 1. The number of amides is 2. The quantitative estimate of drug-likeness (QED) is 0.436. The SMILES string of the molecule is CC(C)C#Cc1ccc(N2CC(CC(C)(C(=O)NO)S(C)(=O)=O)OC2=O)cc1. The first-order valence-corrected chi connectivity index (χ1v) is 10.6. The van der Waals surface area contributed by atoms with E-state index in [1.54, 1.807) is 24.3 Å². The van der Waals surface area contributed by atoms with Gasteiger partial charge in [-0.3, -0.25) is 14.9 Å². The molecule has 8 nitrogen and oxygen atoms in total. The molecule has 0 bridgehead atoms. The van der Waals surface area contributed by atoms with E-state index in [2.05, 4.69) is 11.8 Å². The molecule has 0 radical (unpaired) electrons. The minimum Gasteiger partial charge on any atom is -0.444 e. The van der Waals surface area contributed by atoms with E-state index in [9.17, 15) is 18.0 Å². The predicted octanol–water partition coefficient (Wildman–Crippen LogP) is 1.72. The van der Waals surface area contributed by atoms with Crippen molar-refractivity contribution in [1.29, 1.82) is 0 Å². The Morgan fingerprint density at radius 2 is 2.00 bits per heavy atom. The molecule has 28 heavy (non-hydrogen) atoms. The Hall–Kier alpha value is -2.57. The van der Waals surface area contributed by atoms with Gasteiger partial charge >= 0.3 is 6.09 Å². The zero-order valence-electron chi connectivity index (χ0n) is 16.2. The van der Waals surface area contributed by atoms with E-state index >= 15 is 0 Å². The highest BCUT2D eigenvalue weighted by atomic mass is 32.2. The van der Waals surface area contributed by atoms with Gasteiger partial charge in [0, 0.05) is 29.8 Å². The Morgan fingerprint density at radius 1 is 1.39 bits per heavy atom. The van der Waals surface area contributed by atoms with Crippen molar-refractivity contribution >= 4 is 27.5 Å². The second kappa shape index (κ2) is 8.20. The van der Waals surface area contributed by atoms with E-state index in [0.717, 1.165) is 11.8 Å². The van der Waals surface area contributed by atoms with Crippen LogP contribution in [0.3, 0.4) is 0 Å². The molecule has 2 amide bonds. The third-order valence-corrected chi connectivity index (χ3v) is 6.56. The zero-order chi connectivity index (χ0) is 21.1. The maximum Gasteiger partial charge on any atom is 0.414 e. The van der Waals surface area contributed by atoms with Crippen molar-refractivity contribution in [3.63, 3.8) is 0 Å². The number of benzene rings is 1. The minimum absolute atomic E-state index is 0.0830. The standard InChI is InChI=1S/C19H24N2O6S/c1-13(2)5-6-14-7-9-15(10-8-14)21-12-16(27-18(21)23)11-19(3,17(22)20-24)28(4,25)26/h7-10,13,16,24H,11-12H2,1-4H3,(H,20,22). The molecule has 1 heterocycles. The Balaban J connectivity index is 2.17. The smallest absolute Gasteiger partial charge is 0.414 e. The lowest BCUT2D eigenvalue weighted by atomic mass is 10.0. The summed E-state index contributed by atoms with van der Waals surface area (Å²) in [4.78, 5) is 25.5. The van der Waals surface area contributed by atoms with E-state index in [1.165, 1.54) is 17.3 Å². The number of sulfone groups is 1. The number of rotatable bonds is 5. The molecule has 0 saturated carbocycles. The first-order valence-electron chi connectivity index (χ1n) is 8.72. The molecular formula is C19H24N2O6S. The number of anilines is 1. The van der Waals surface area contributed by atoms with Gasteiger partial charge in [-0.2, -0.15) is 0 Å². The van der Waals surface area contributed by atoms with Crippen molar-refractivity contribution in [2.75, 3.05) is 17.7 Å². The Morgan fingerprint density at radius 3 is 2.50 bits per heavy atom. The second-order valence-electron chi connectivity index (χ2n) is 7.24. The molecular weight excluding hydrogens is 384 g/mol. The van der Waals surface area contributed by atoms with Crippen molar-refractivity contribution < 1.29 is 28.0 Å². The molecule has 9 heteroatoms. The molecule has 1 aliphatic rings. The van der Waals surface area contributed by atoms with Crippen molar-refractivity contribution in [2.24, 2.45) is 5.92 Å². The number of hydrogen-bond donors (Lipinski definition) is 2. The molecule has 2 unspecified atom stereocenters. The van der Waals surface area contributed by atoms with Crippen LogP contribution >= 0.6 is 0 Å². The highest BCUT2D eigenvalue weighted by Crippen LogP contribution is 2.30. The lowest BCUT2D eigenvalue weighted by Crippen LogP contribution is -2.51. The van der Waals surface area contributed by atoms with E-state index in [0.29, 0.717) is 5.69 Å². The maximum atomic E-state index is 12.2. The van der Waals surface area contributed by atoms with Crippen LogP contribution in [-0.2, 0) is 19.4 Å². The summed E-state index contributed by atoms with van der Waals surface area (Å²) in [5.41, 5.74) is 2.77. The number of ether oxygens (including phenoxy) is 1. The summed E-state index contributed by atoms with van der Waals surface area (Å²) in [6.45, 7) is 5.25. The van der Waals surface area contributed by atoms with Crippen molar-refractivity contribution in [3.05, 3.63) is 29.8 Å². The number of carbonyl (C=O) groups is 2. The maximum absolute atomic E-state index is 12.2. The molecule has 1 fully saturated rings. The summed E-state index contributed by atoms with van der Waals surface area (Å²) in [6, 6.07) is 7.02. The van der Waals surface area contributed by atoms with Gasteiger partial charge in [-0.05, 0) is 31.2 Å². The van der Waals surface area contributed by atoms with Crippen molar-refractivity contribution in [3.8, 4) is 11.8 Å². The van der Waals surface area contributed by atoms with Gasteiger partial charge in [0.25, 0.3) is 5.91 Å². The van der Waals surface area contributed by atoms with Gasteiger partial charge in [0.2, 0.25) is 0 Å². The first-order chi connectivity index (χ1) is 13.0. The highest BCUT2D eigenvalue weighted by molar-refractivity contribution is 7.92. The number of carbonyl (C=O) groups excluding carboxylic acids is 2. The molecule has 0 aromatic heterocycles. The fourth-order valence-corrected chi connectivity index (χ4v) is 3.63. The molecule has 1 aromatic rings. The summed E-state index contributed by atoms with van der Waals surface area (Å²) in [6.07, 6.45) is -0.845. The summed E-state index contributed by atoms with van der Waals surface area (Å²) in [7, 11) is -3.88. The number of nitrogens with zero attached hydrogens (tertiary/aromatic N) is 1. The molecule has 1 saturated heterocycles. The Kier molecular flexibility index (Phi) is 6.37. The van der Waals surface area contributed by atoms with Gasteiger partial charge in [-0.15, -0.1) is 0 Å². The van der Waals surface area contributed by atoms with Crippen LogP contribution in [0.5, 0.6) is 0 Å². The van der Waals surface area contributed by atoms with Crippen LogP contribution in [0.4, 0.5) is 10.5 Å². The van der Waals surface area contributed by atoms with Crippen LogP contribution in [0.1, 0.15) is 32.8 Å². The van der Waals surface area contributed by atoms with Gasteiger partial charge in [-0.25, -0.2) is 18.7 Å². The van der Waals surface area contributed by atoms with Crippen LogP contribution in [-0.4, -0.2) is 49.3 Å². The van der Waals surface area contributed by atoms with Crippen LogP contribution in [0, 0.1) is 17.8 Å². The molecule has 2 N–H and O–H groups in total. The van der Waals surface area contributed by atoms with Crippen molar-refractivity contribution in [2.45, 2.75) is 38.0 Å². The molecule has 2 rings (SSSR count). The monoisotopic (exact) mass is 408 g/mol. The van der Waals surface area contributed by atoms with Gasteiger partial charge < -0.3 is 4.74 Å². The van der Waals surface area contributed by atoms with E-state index in [1.807, 2.05) is 13.8 Å².